The van der Waals surface area contributed by atoms with E-state index < -0.39 is 0 Å². The standard InChI is InChI=1S/C17H25N3O/c1-19(17(21)14-7-6-10-18-13-14)15-8-2-3-9-16(15)20-11-4-5-12-20/h6-7,10,13,15-16H,2-5,8-9,11-12H2,1H3/t15-,16+/m1/s1. The number of hydrogen-bond donors (Lipinski definition) is 0. The first-order chi connectivity index (χ1) is 10.3. The monoisotopic (exact) mass is 287 g/mol. The van der Waals surface area contributed by atoms with E-state index in [1.807, 2.05) is 24.1 Å². The molecule has 0 N–H and O–H groups in total. The van der Waals surface area contributed by atoms with Gasteiger partial charge in [-0.3, -0.25) is 14.7 Å². The van der Waals surface area contributed by atoms with Crippen molar-refractivity contribution in [3.63, 3.8) is 0 Å². The lowest BCUT2D eigenvalue weighted by atomic mass is 9.88. The number of carbonyl (C=O) groups excluding carboxylic acids is 1. The first-order valence-electron chi connectivity index (χ1n) is 8.18. The van der Waals surface area contributed by atoms with Crippen molar-refractivity contribution in [1.29, 1.82) is 0 Å². The minimum absolute atomic E-state index is 0.110. The smallest absolute Gasteiger partial charge is 0.255 e. The van der Waals surface area contributed by atoms with E-state index in [0.29, 0.717) is 17.6 Å². The predicted molar refractivity (Wildman–Crippen MR) is 83.2 cm³/mol. The van der Waals surface area contributed by atoms with E-state index in [0.717, 1.165) is 6.42 Å². The summed E-state index contributed by atoms with van der Waals surface area (Å²) in [6, 6.07) is 4.59. The van der Waals surface area contributed by atoms with Gasteiger partial charge < -0.3 is 4.90 Å². The molecule has 0 unspecified atom stereocenters. The number of likely N-dealkylation sites (tertiary alicyclic amines) is 1. The molecule has 114 valence electrons. The molecule has 1 aliphatic heterocycles. The molecule has 1 saturated carbocycles. The Morgan fingerprint density at radius 2 is 2.00 bits per heavy atom. The zero-order valence-corrected chi connectivity index (χ0v) is 12.9. The molecule has 1 aromatic rings. The molecule has 1 aromatic heterocycles. The topological polar surface area (TPSA) is 36.4 Å². The fourth-order valence-corrected chi connectivity index (χ4v) is 3.89. The summed E-state index contributed by atoms with van der Waals surface area (Å²) in [4.78, 5) is 21.3. The molecule has 1 saturated heterocycles. The Labute approximate surface area is 127 Å². The average Bonchev–Trinajstić information content (AvgIpc) is 3.08. The molecular formula is C17H25N3O. The number of carbonyl (C=O) groups is 1. The minimum atomic E-state index is 0.110. The Morgan fingerprint density at radius 1 is 1.24 bits per heavy atom. The SMILES string of the molecule is CN(C(=O)c1cccnc1)[C@@H]1CCCC[C@@H]1N1CCCC1. The van der Waals surface area contributed by atoms with Crippen molar-refractivity contribution in [2.24, 2.45) is 0 Å². The highest BCUT2D eigenvalue weighted by molar-refractivity contribution is 5.93. The molecule has 2 heterocycles. The summed E-state index contributed by atoms with van der Waals surface area (Å²) in [5, 5.41) is 0. The van der Waals surface area contributed by atoms with Crippen molar-refractivity contribution in [3.05, 3.63) is 30.1 Å². The second kappa shape index (κ2) is 6.56. The Hall–Kier alpha value is -1.42. The normalized spacial score (nSPS) is 26.7. The van der Waals surface area contributed by atoms with Gasteiger partial charge >= 0.3 is 0 Å². The summed E-state index contributed by atoms with van der Waals surface area (Å²) < 4.78 is 0. The third-order valence-corrected chi connectivity index (χ3v) is 5.03. The molecule has 0 bridgehead atoms. The van der Waals surface area contributed by atoms with Crippen LogP contribution < -0.4 is 0 Å². The molecule has 1 aliphatic carbocycles. The number of pyridine rings is 1. The lowest BCUT2D eigenvalue weighted by Gasteiger charge is -2.42. The number of amides is 1. The van der Waals surface area contributed by atoms with Crippen LogP contribution in [0.25, 0.3) is 0 Å². The van der Waals surface area contributed by atoms with Crippen LogP contribution in [-0.4, -0.2) is 52.9 Å². The van der Waals surface area contributed by atoms with Crippen molar-refractivity contribution in [2.75, 3.05) is 20.1 Å². The molecule has 0 aromatic carbocycles. The number of hydrogen-bond acceptors (Lipinski definition) is 3. The van der Waals surface area contributed by atoms with Gasteiger partial charge in [-0.05, 0) is 50.9 Å². The summed E-state index contributed by atoms with van der Waals surface area (Å²) in [5.41, 5.74) is 0.700. The van der Waals surface area contributed by atoms with E-state index in [1.54, 1.807) is 12.4 Å². The molecule has 4 heteroatoms. The molecule has 21 heavy (non-hydrogen) atoms. The number of rotatable bonds is 3. The van der Waals surface area contributed by atoms with Crippen molar-refractivity contribution >= 4 is 5.91 Å². The van der Waals surface area contributed by atoms with Crippen molar-refractivity contribution in [1.82, 2.24) is 14.8 Å². The van der Waals surface area contributed by atoms with Gasteiger partial charge in [0, 0.05) is 31.5 Å². The van der Waals surface area contributed by atoms with Gasteiger partial charge in [0.25, 0.3) is 5.91 Å². The second-order valence-electron chi connectivity index (χ2n) is 6.32. The van der Waals surface area contributed by atoms with Gasteiger partial charge in [0.05, 0.1) is 5.56 Å². The molecule has 1 amide bonds. The minimum Gasteiger partial charge on any atom is -0.337 e. The van der Waals surface area contributed by atoms with E-state index in [4.69, 9.17) is 0 Å². The maximum Gasteiger partial charge on any atom is 0.255 e. The van der Waals surface area contributed by atoms with Crippen LogP contribution in [0.2, 0.25) is 0 Å². The quantitative estimate of drug-likeness (QED) is 0.857. The highest BCUT2D eigenvalue weighted by Gasteiger charge is 2.35. The van der Waals surface area contributed by atoms with Crippen LogP contribution in [0.15, 0.2) is 24.5 Å². The third kappa shape index (κ3) is 3.10. The molecule has 0 radical (unpaired) electrons. The van der Waals surface area contributed by atoms with Crippen LogP contribution in [0.1, 0.15) is 48.9 Å². The van der Waals surface area contributed by atoms with E-state index in [1.165, 1.54) is 45.2 Å². The summed E-state index contributed by atoms with van der Waals surface area (Å²) in [7, 11) is 1.97. The van der Waals surface area contributed by atoms with E-state index in [9.17, 15) is 4.79 Å². The van der Waals surface area contributed by atoms with Crippen molar-refractivity contribution in [2.45, 2.75) is 50.6 Å². The summed E-state index contributed by atoms with van der Waals surface area (Å²) in [6.45, 7) is 2.41. The largest absolute Gasteiger partial charge is 0.337 e. The van der Waals surface area contributed by atoms with Gasteiger partial charge in [-0.25, -0.2) is 0 Å². The van der Waals surface area contributed by atoms with E-state index in [2.05, 4.69) is 9.88 Å². The molecule has 4 nitrogen and oxygen atoms in total. The first-order valence-corrected chi connectivity index (χ1v) is 8.18. The molecule has 2 fully saturated rings. The van der Waals surface area contributed by atoms with Gasteiger partial charge in [-0.15, -0.1) is 0 Å². The van der Waals surface area contributed by atoms with Gasteiger partial charge in [0.2, 0.25) is 0 Å². The molecule has 0 spiro atoms. The Balaban J connectivity index is 1.74. The third-order valence-electron chi connectivity index (χ3n) is 5.03. The predicted octanol–water partition coefficient (Wildman–Crippen LogP) is 2.56. The maximum atomic E-state index is 12.7. The molecule has 3 rings (SSSR count). The summed E-state index contributed by atoms with van der Waals surface area (Å²) in [5.74, 6) is 0.110. The van der Waals surface area contributed by atoms with Crippen molar-refractivity contribution in [3.8, 4) is 0 Å². The van der Waals surface area contributed by atoms with Crippen LogP contribution in [0, 0.1) is 0 Å². The van der Waals surface area contributed by atoms with Gasteiger partial charge in [-0.1, -0.05) is 12.8 Å². The van der Waals surface area contributed by atoms with Crippen molar-refractivity contribution < 1.29 is 4.79 Å². The van der Waals surface area contributed by atoms with Crippen LogP contribution in [0.4, 0.5) is 0 Å². The van der Waals surface area contributed by atoms with Gasteiger partial charge in [0.15, 0.2) is 0 Å². The zero-order valence-electron chi connectivity index (χ0n) is 12.9. The number of nitrogens with zero attached hydrogens (tertiary/aromatic N) is 3. The fourth-order valence-electron chi connectivity index (χ4n) is 3.89. The molecular weight excluding hydrogens is 262 g/mol. The second-order valence-corrected chi connectivity index (χ2v) is 6.32. The molecule has 2 aliphatic rings. The summed E-state index contributed by atoms with van der Waals surface area (Å²) >= 11 is 0. The molecule has 2 atom stereocenters. The van der Waals surface area contributed by atoms with Gasteiger partial charge in [0.1, 0.15) is 0 Å². The fraction of sp³-hybridized carbons (Fsp3) is 0.647. The average molecular weight is 287 g/mol. The summed E-state index contributed by atoms with van der Waals surface area (Å²) in [6.07, 6.45) is 10.9. The Kier molecular flexibility index (Phi) is 4.54. The van der Waals surface area contributed by atoms with E-state index in [-0.39, 0.29) is 5.91 Å². The highest BCUT2D eigenvalue weighted by atomic mass is 16.2. The first kappa shape index (κ1) is 14.5. The van der Waals surface area contributed by atoms with Gasteiger partial charge in [-0.2, -0.15) is 0 Å². The lowest BCUT2D eigenvalue weighted by molar-refractivity contribution is 0.0496. The zero-order chi connectivity index (χ0) is 14.7. The Bertz CT molecular complexity index is 470. The van der Waals surface area contributed by atoms with E-state index >= 15 is 0 Å². The Morgan fingerprint density at radius 3 is 2.71 bits per heavy atom. The van der Waals surface area contributed by atoms with Crippen LogP contribution in [0.5, 0.6) is 0 Å². The highest BCUT2D eigenvalue weighted by Crippen LogP contribution is 2.29. The lowest BCUT2D eigenvalue weighted by Crippen LogP contribution is -2.53. The van der Waals surface area contributed by atoms with Crippen LogP contribution >= 0.6 is 0 Å². The number of aromatic nitrogens is 1. The van der Waals surface area contributed by atoms with Crippen LogP contribution in [-0.2, 0) is 0 Å². The number of likely N-dealkylation sites (N-methyl/N-ethyl adjacent to an activating group) is 1. The maximum absolute atomic E-state index is 12.7. The van der Waals surface area contributed by atoms with Crippen LogP contribution in [0.3, 0.4) is 0 Å².